The van der Waals surface area contributed by atoms with Crippen LogP contribution >= 0.6 is 23.8 Å². The number of fused-ring (bicyclic) bond motifs is 4. The zero-order chi connectivity index (χ0) is 19.6. The number of pyridine rings is 1. The van der Waals surface area contributed by atoms with Crippen molar-refractivity contribution in [3.05, 3.63) is 45.3 Å². The Bertz CT molecular complexity index is 1480. The Morgan fingerprint density at radius 2 is 1.93 bits per heavy atom. The van der Waals surface area contributed by atoms with Crippen molar-refractivity contribution in [2.75, 3.05) is 5.73 Å². The summed E-state index contributed by atoms with van der Waals surface area (Å²) in [4.78, 5) is 16.9. The quantitative estimate of drug-likeness (QED) is 0.317. The highest BCUT2D eigenvalue weighted by Crippen LogP contribution is 2.35. The third kappa shape index (κ3) is 2.20. The third-order valence-electron chi connectivity index (χ3n) is 4.42. The van der Waals surface area contributed by atoms with Gasteiger partial charge in [0.2, 0.25) is 0 Å². The Hall–Kier alpha value is -3.57. The van der Waals surface area contributed by atoms with E-state index in [4.69, 9.17) is 35.3 Å². The zero-order valence-corrected chi connectivity index (χ0v) is 15.5. The maximum atomic E-state index is 12.5. The van der Waals surface area contributed by atoms with Gasteiger partial charge in [-0.1, -0.05) is 36.0 Å². The van der Waals surface area contributed by atoms with Crippen molar-refractivity contribution in [1.29, 1.82) is 0 Å². The predicted molar refractivity (Wildman–Crippen MR) is 109 cm³/mol. The van der Waals surface area contributed by atoms with E-state index in [2.05, 4.69) is 30.5 Å². The predicted octanol–water partition coefficient (Wildman–Crippen LogP) is 1.38. The molecule has 6 N–H and O–H groups in total. The number of hydrogen-bond donors (Lipinski definition) is 4. The Kier molecular flexibility index (Phi) is 3.38. The van der Waals surface area contributed by atoms with Crippen LogP contribution in [0.2, 0.25) is 5.02 Å². The van der Waals surface area contributed by atoms with Crippen molar-refractivity contribution in [3.8, 4) is 11.1 Å². The molecule has 5 aromatic rings. The molecule has 0 atom stereocenters. The van der Waals surface area contributed by atoms with Crippen LogP contribution in [-0.4, -0.2) is 40.0 Å². The fourth-order valence-corrected chi connectivity index (χ4v) is 3.47. The number of aromatic nitrogens is 7. The molecular weight excluding hydrogens is 402 g/mol. The van der Waals surface area contributed by atoms with Gasteiger partial charge >= 0.3 is 0 Å². The fraction of sp³-hybridized carbons (Fsp3) is 0. The van der Waals surface area contributed by atoms with E-state index in [1.807, 2.05) is 0 Å². The molecule has 0 bridgehead atoms. The van der Waals surface area contributed by atoms with Gasteiger partial charge in [-0.15, -0.1) is 10.2 Å². The molecule has 0 unspecified atom stereocenters. The summed E-state index contributed by atoms with van der Waals surface area (Å²) in [5.74, 6) is 0.180. The molecule has 12 heteroatoms. The van der Waals surface area contributed by atoms with Crippen LogP contribution in [0.15, 0.2) is 29.1 Å². The number of anilines is 1. The lowest BCUT2D eigenvalue weighted by molar-refractivity contribution is 0.901. The van der Waals surface area contributed by atoms with E-state index in [1.54, 1.807) is 24.3 Å². The number of nitrogens with two attached hydrogens (primary N) is 2. The monoisotopic (exact) mass is 411 g/mol. The van der Waals surface area contributed by atoms with Crippen LogP contribution in [0.1, 0.15) is 5.69 Å². The standard InChI is InChI=1S/C16H10ClN9OS/c17-6-3-1-5(2-4-6)7-8-14(20-13-9(7)16(27)24-22-13)25-26-11(18)10(12(19)28)21-23-15(8)26/h1-4H,18H2,(H2,19,28)(H,24,27)(H,20,22,25). The van der Waals surface area contributed by atoms with Crippen molar-refractivity contribution >= 4 is 62.3 Å². The number of benzene rings is 1. The smallest absolute Gasteiger partial charge is 0.276 e. The molecule has 1 aromatic carbocycles. The Morgan fingerprint density at radius 1 is 1.18 bits per heavy atom. The van der Waals surface area contributed by atoms with Crippen LogP contribution < -0.4 is 17.0 Å². The molecule has 4 aromatic heterocycles. The van der Waals surface area contributed by atoms with Gasteiger partial charge in [-0.05, 0) is 17.7 Å². The first-order chi connectivity index (χ1) is 13.5. The highest BCUT2D eigenvalue weighted by Gasteiger charge is 2.22. The maximum absolute atomic E-state index is 12.5. The first-order valence-corrected chi connectivity index (χ1v) is 8.74. The maximum Gasteiger partial charge on any atom is 0.276 e. The van der Waals surface area contributed by atoms with Crippen LogP contribution in [0.3, 0.4) is 0 Å². The molecule has 0 fully saturated rings. The largest absolute Gasteiger partial charge is 0.388 e. The molecule has 0 saturated carbocycles. The molecule has 0 amide bonds. The van der Waals surface area contributed by atoms with E-state index in [9.17, 15) is 4.79 Å². The lowest BCUT2D eigenvalue weighted by Crippen LogP contribution is -2.18. The van der Waals surface area contributed by atoms with Crippen molar-refractivity contribution in [3.63, 3.8) is 0 Å². The van der Waals surface area contributed by atoms with Crippen LogP contribution in [-0.2, 0) is 0 Å². The minimum absolute atomic E-state index is 0.0146. The van der Waals surface area contributed by atoms with Gasteiger partial charge in [-0.3, -0.25) is 9.89 Å². The van der Waals surface area contributed by atoms with E-state index < -0.39 is 0 Å². The molecule has 0 aliphatic rings. The fourth-order valence-electron chi connectivity index (χ4n) is 3.20. The molecule has 28 heavy (non-hydrogen) atoms. The van der Waals surface area contributed by atoms with Gasteiger partial charge in [0, 0.05) is 10.6 Å². The van der Waals surface area contributed by atoms with Gasteiger partial charge in [0.05, 0.1) is 10.8 Å². The number of nitrogens with one attached hydrogen (secondary N) is 2. The third-order valence-corrected chi connectivity index (χ3v) is 4.86. The molecule has 10 nitrogen and oxygen atoms in total. The molecule has 0 saturated heterocycles. The highest BCUT2D eigenvalue weighted by molar-refractivity contribution is 7.80. The molecule has 4 heterocycles. The van der Waals surface area contributed by atoms with E-state index in [0.29, 0.717) is 32.7 Å². The summed E-state index contributed by atoms with van der Waals surface area (Å²) in [5.41, 5.74) is 14.0. The van der Waals surface area contributed by atoms with Crippen molar-refractivity contribution < 1.29 is 0 Å². The summed E-state index contributed by atoms with van der Waals surface area (Å²) in [6, 6.07) is 7.05. The van der Waals surface area contributed by atoms with Gasteiger partial charge in [-0.2, -0.15) is 5.10 Å². The number of halogens is 1. The summed E-state index contributed by atoms with van der Waals surface area (Å²) in [6.07, 6.45) is 0. The SMILES string of the molecule is NC(=S)c1nnc2c3c(-c4ccc(Cl)cc4)c4c(=O)[nH]nc4nc3[nH]n2c1N. The number of thiocarbonyl (C=S) groups is 1. The number of hydrogen-bond acceptors (Lipinski definition) is 7. The van der Waals surface area contributed by atoms with E-state index in [-0.39, 0.29) is 27.7 Å². The molecule has 0 aliphatic heterocycles. The van der Waals surface area contributed by atoms with Gasteiger partial charge in [0.15, 0.2) is 28.5 Å². The van der Waals surface area contributed by atoms with Crippen molar-refractivity contribution in [2.45, 2.75) is 0 Å². The molecule has 0 aliphatic carbocycles. The minimum atomic E-state index is -0.366. The molecule has 138 valence electrons. The van der Waals surface area contributed by atoms with Crippen molar-refractivity contribution in [2.24, 2.45) is 5.73 Å². The Labute approximate surface area is 165 Å². The second-order valence-corrected chi connectivity index (χ2v) is 6.91. The minimum Gasteiger partial charge on any atom is -0.388 e. The van der Waals surface area contributed by atoms with E-state index in [0.717, 1.165) is 5.56 Å². The summed E-state index contributed by atoms with van der Waals surface area (Å²) in [6.45, 7) is 0. The highest BCUT2D eigenvalue weighted by atomic mass is 35.5. The lowest BCUT2D eigenvalue weighted by atomic mass is 10.0. The number of nitrogen functional groups attached to an aromatic ring is 1. The van der Waals surface area contributed by atoms with Gasteiger partial charge in [0.1, 0.15) is 4.99 Å². The van der Waals surface area contributed by atoms with Crippen molar-refractivity contribution in [1.82, 2.24) is 35.0 Å². The first kappa shape index (κ1) is 16.6. The average molecular weight is 412 g/mol. The van der Waals surface area contributed by atoms with Crippen LogP contribution in [0, 0.1) is 0 Å². The van der Waals surface area contributed by atoms with E-state index >= 15 is 0 Å². The number of H-pyrrole nitrogens is 2. The van der Waals surface area contributed by atoms with Gasteiger partial charge in [0.25, 0.3) is 5.56 Å². The summed E-state index contributed by atoms with van der Waals surface area (Å²) in [5, 5.41) is 19.2. The summed E-state index contributed by atoms with van der Waals surface area (Å²) in [7, 11) is 0. The number of nitrogens with zero attached hydrogens (tertiary/aromatic N) is 5. The van der Waals surface area contributed by atoms with Crippen LogP contribution in [0.5, 0.6) is 0 Å². The Balaban J connectivity index is 2.02. The number of rotatable bonds is 2. The van der Waals surface area contributed by atoms with Crippen LogP contribution in [0.25, 0.3) is 38.8 Å². The number of aromatic amines is 2. The molecule has 0 radical (unpaired) electrons. The molecule has 0 spiro atoms. The summed E-state index contributed by atoms with van der Waals surface area (Å²) >= 11 is 11.0. The summed E-state index contributed by atoms with van der Waals surface area (Å²) < 4.78 is 1.48. The van der Waals surface area contributed by atoms with Gasteiger partial charge in [-0.25, -0.2) is 14.6 Å². The topological polar surface area (TPSA) is 157 Å². The second-order valence-electron chi connectivity index (χ2n) is 6.04. The van der Waals surface area contributed by atoms with Gasteiger partial charge < -0.3 is 11.5 Å². The molecular formula is C16H10ClN9OS. The first-order valence-electron chi connectivity index (χ1n) is 7.96. The lowest BCUT2D eigenvalue weighted by Gasteiger charge is -2.06. The molecule has 5 rings (SSSR count). The van der Waals surface area contributed by atoms with E-state index in [1.165, 1.54) is 4.52 Å². The zero-order valence-electron chi connectivity index (χ0n) is 13.9. The normalized spacial score (nSPS) is 11.6. The second kappa shape index (κ2) is 5.71. The Morgan fingerprint density at radius 3 is 2.64 bits per heavy atom. The van der Waals surface area contributed by atoms with Crippen LogP contribution in [0.4, 0.5) is 5.82 Å². The average Bonchev–Trinajstić information content (AvgIpc) is 3.22.